The summed E-state index contributed by atoms with van der Waals surface area (Å²) in [6.07, 6.45) is 7.35. The van der Waals surface area contributed by atoms with E-state index < -0.39 is 5.91 Å². The number of hydrazine groups is 1. The highest BCUT2D eigenvalue weighted by atomic mass is 16.2. The fraction of sp³-hybridized carbons (Fsp3) is 0.348. The number of rotatable bonds is 6. The standard InChI is InChI=1S/C23H25N5O2/c1-2-28-13-20(23(30)27-26-16-7-8-16)21(29)19-11-18(12-24-22(19)28)25-17-9-14-5-3-4-6-15(14)10-17/h3-6,11-13,16-17,25-26H,2,7-10H2,1H3,(H,27,30). The molecular weight excluding hydrogens is 378 g/mol. The lowest BCUT2D eigenvalue weighted by molar-refractivity contribution is 0.0930. The Morgan fingerprint density at radius 3 is 2.57 bits per heavy atom. The normalized spacial score (nSPS) is 15.9. The number of benzene rings is 1. The fourth-order valence-electron chi connectivity index (χ4n) is 4.12. The predicted molar refractivity (Wildman–Crippen MR) is 117 cm³/mol. The molecule has 0 atom stereocenters. The van der Waals surface area contributed by atoms with Crippen LogP contribution in [-0.2, 0) is 19.4 Å². The van der Waals surface area contributed by atoms with Crippen molar-refractivity contribution in [2.45, 2.75) is 51.2 Å². The topological polar surface area (TPSA) is 88.0 Å². The fourth-order valence-corrected chi connectivity index (χ4v) is 4.12. The number of hydrogen-bond acceptors (Lipinski definition) is 5. The van der Waals surface area contributed by atoms with Crippen LogP contribution in [-0.4, -0.2) is 27.5 Å². The third-order valence-electron chi connectivity index (χ3n) is 5.89. The number of hydrogen-bond donors (Lipinski definition) is 3. The number of aromatic nitrogens is 2. The monoisotopic (exact) mass is 403 g/mol. The van der Waals surface area contributed by atoms with Crippen LogP contribution in [0, 0.1) is 0 Å². The molecule has 1 amide bonds. The third-order valence-corrected chi connectivity index (χ3v) is 5.89. The van der Waals surface area contributed by atoms with Crippen molar-refractivity contribution in [1.29, 1.82) is 0 Å². The van der Waals surface area contributed by atoms with Gasteiger partial charge < -0.3 is 9.88 Å². The van der Waals surface area contributed by atoms with E-state index in [9.17, 15) is 9.59 Å². The molecule has 1 fully saturated rings. The second-order valence-electron chi connectivity index (χ2n) is 8.14. The van der Waals surface area contributed by atoms with Crippen LogP contribution in [0.2, 0.25) is 0 Å². The summed E-state index contributed by atoms with van der Waals surface area (Å²) in [6, 6.07) is 10.9. The molecule has 1 aromatic carbocycles. The highest BCUT2D eigenvalue weighted by Crippen LogP contribution is 2.25. The van der Waals surface area contributed by atoms with E-state index in [0.29, 0.717) is 23.6 Å². The number of aryl methyl sites for hydroxylation is 1. The maximum Gasteiger partial charge on any atom is 0.270 e. The first kappa shape index (κ1) is 18.8. The van der Waals surface area contributed by atoms with Crippen molar-refractivity contribution in [3.8, 4) is 0 Å². The molecule has 0 unspecified atom stereocenters. The highest BCUT2D eigenvalue weighted by molar-refractivity contribution is 5.97. The van der Waals surface area contributed by atoms with E-state index in [4.69, 9.17) is 0 Å². The Morgan fingerprint density at radius 2 is 1.90 bits per heavy atom. The molecule has 7 heteroatoms. The van der Waals surface area contributed by atoms with E-state index in [1.165, 1.54) is 11.1 Å². The van der Waals surface area contributed by atoms with Crippen molar-refractivity contribution < 1.29 is 4.79 Å². The molecule has 0 spiro atoms. The largest absolute Gasteiger partial charge is 0.380 e. The Labute approximate surface area is 174 Å². The first-order valence-electron chi connectivity index (χ1n) is 10.5. The quantitative estimate of drug-likeness (QED) is 0.550. The van der Waals surface area contributed by atoms with Crippen LogP contribution in [0.5, 0.6) is 0 Å². The number of carbonyl (C=O) groups excluding carboxylic acids is 1. The van der Waals surface area contributed by atoms with Gasteiger partial charge in [-0.15, -0.1) is 0 Å². The lowest BCUT2D eigenvalue weighted by atomic mass is 10.1. The maximum absolute atomic E-state index is 13.1. The van der Waals surface area contributed by atoms with E-state index in [2.05, 4.69) is 45.4 Å². The van der Waals surface area contributed by atoms with Gasteiger partial charge in [0.05, 0.1) is 17.3 Å². The average Bonchev–Trinajstić information content (AvgIpc) is 3.50. The number of fused-ring (bicyclic) bond motifs is 2. The molecule has 2 aliphatic rings. The van der Waals surface area contributed by atoms with E-state index in [1.807, 2.05) is 17.6 Å². The zero-order valence-electron chi connectivity index (χ0n) is 16.9. The van der Waals surface area contributed by atoms with Crippen molar-refractivity contribution in [2.24, 2.45) is 0 Å². The second-order valence-corrected chi connectivity index (χ2v) is 8.14. The summed E-state index contributed by atoms with van der Waals surface area (Å²) in [5.41, 5.74) is 9.57. The molecule has 2 heterocycles. The molecule has 1 saturated carbocycles. The minimum absolute atomic E-state index is 0.129. The molecule has 30 heavy (non-hydrogen) atoms. The first-order valence-corrected chi connectivity index (χ1v) is 10.5. The van der Waals surface area contributed by atoms with Gasteiger partial charge in [-0.25, -0.2) is 10.4 Å². The molecule has 0 aliphatic heterocycles. The Morgan fingerprint density at radius 1 is 1.17 bits per heavy atom. The summed E-state index contributed by atoms with van der Waals surface area (Å²) < 4.78 is 1.85. The Kier molecular flexibility index (Phi) is 4.75. The van der Waals surface area contributed by atoms with Crippen molar-refractivity contribution in [3.63, 3.8) is 0 Å². The van der Waals surface area contributed by atoms with Gasteiger partial charge >= 0.3 is 0 Å². The van der Waals surface area contributed by atoms with Crippen molar-refractivity contribution in [1.82, 2.24) is 20.4 Å². The molecule has 0 radical (unpaired) electrons. The second kappa shape index (κ2) is 7.57. The number of anilines is 1. The zero-order valence-corrected chi connectivity index (χ0v) is 16.9. The van der Waals surface area contributed by atoms with E-state index in [1.54, 1.807) is 12.4 Å². The lowest BCUT2D eigenvalue weighted by Crippen LogP contribution is -2.41. The SMILES string of the molecule is CCn1cc(C(=O)NNC2CC2)c(=O)c2cc(NC3Cc4ccccc4C3)cnc21. The van der Waals surface area contributed by atoms with Crippen molar-refractivity contribution in [2.75, 3.05) is 5.32 Å². The zero-order chi connectivity index (χ0) is 20.7. The minimum Gasteiger partial charge on any atom is -0.380 e. The summed E-state index contributed by atoms with van der Waals surface area (Å²) >= 11 is 0. The smallest absolute Gasteiger partial charge is 0.270 e. The van der Waals surface area contributed by atoms with Crippen molar-refractivity contribution in [3.05, 3.63) is 69.6 Å². The molecule has 2 aromatic heterocycles. The number of nitrogens with zero attached hydrogens (tertiary/aromatic N) is 2. The van der Waals surface area contributed by atoms with Gasteiger partial charge in [0, 0.05) is 24.8 Å². The number of nitrogens with one attached hydrogen (secondary N) is 3. The van der Waals surface area contributed by atoms with Crippen LogP contribution < -0.4 is 21.6 Å². The average molecular weight is 403 g/mol. The number of amides is 1. The van der Waals surface area contributed by atoms with E-state index in [-0.39, 0.29) is 17.0 Å². The molecule has 7 nitrogen and oxygen atoms in total. The molecule has 2 aliphatic carbocycles. The van der Waals surface area contributed by atoms with Crippen LogP contribution in [0.3, 0.4) is 0 Å². The summed E-state index contributed by atoms with van der Waals surface area (Å²) in [4.78, 5) is 30.2. The highest BCUT2D eigenvalue weighted by Gasteiger charge is 2.24. The number of pyridine rings is 2. The minimum atomic E-state index is -0.402. The first-order chi connectivity index (χ1) is 14.6. The summed E-state index contributed by atoms with van der Waals surface area (Å²) in [5, 5.41) is 3.97. The maximum atomic E-state index is 13.1. The number of carbonyl (C=O) groups is 1. The predicted octanol–water partition coefficient (Wildman–Crippen LogP) is 2.39. The van der Waals surface area contributed by atoms with Gasteiger partial charge in [-0.05, 0) is 49.8 Å². The Balaban J connectivity index is 1.44. The molecule has 3 aromatic rings. The molecule has 0 bridgehead atoms. The van der Waals surface area contributed by atoms with Crippen LogP contribution in [0.1, 0.15) is 41.3 Å². The van der Waals surface area contributed by atoms with Gasteiger partial charge in [-0.3, -0.25) is 15.0 Å². The molecular formula is C23H25N5O2. The van der Waals surface area contributed by atoms with Crippen molar-refractivity contribution >= 4 is 22.6 Å². The van der Waals surface area contributed by atoms with E-state index >= 15 is 0 Å². The lowest BCUT2D eigenvalue weighted by Gasteiger charge is -2.15. The van der Waals surface area contributed by atoms with Gasteiger partial charge in [0.2, 0.25) is 5.43 Å². The Bertz CT molecular complexity index is 1160. The van der Waals surface area contributed by atoms with Crippen LogP contribution >= 0.6 is 0 Å². The van der Waals surface area contributed by atoms with Gasteiger partial charge in [0.15, 0.2) is 0 Å². The van der Waals surface area contributed by atoms with Gasteiger partial charge in [0.25, 0.3) is 5.91 Å². The van der Waals surface area contributed by atoms with Crippen LogP contribution in [0.4, 0.5) is 5.69 Å². The van der Waals surface area contributed by atoms with Gasteiger partial charge in [-0.1, -0.05) is 24.3 Å². The summed E-state index contributed by atoms with van der Waals surface area (Å²) in [5.74, 6) is -0.402. The molecule has 154 valence electrons. The molecule has 0 saturated heterocycles. The molecule has 5 rings (SSSR count). The van der Waals surface area contributed by atoms with Gasteiger partial charge in [0.1, 0.15) is 11.2 Å². The van der Waals surface area contributed by atoms with E-state index in [0.717, 1.165) is 31.4 Å². The van der Waals surface area contributed by atoms with Gasteiger partial charge in [-0.2, -0.15) is 0 Å². The third kappa shape index (κ3) is 3.57. The van der Waals surface area contributed by atoms with Crippen LogP contribution in [0.15, 0.2) is 47.5 Å². The summed E-state index contributed by atoms with van der Waals surface area (Å²) in [6.45, 7) is 2.59. The molecule has 3 N–H and O–H groups in total. The van der Waals surface area contributed by atoms with Crippen LogP contribution in [0.25, 0.3) is 11.0 Å². The Hall–Kier alpha value is -3.19. The summed E-state index contributed by atoms with van der Waals surface area (Å²) in [7, 11) is 0.